The fourth-order valence-corrected chi connectivity index (χ4v) is 0.658. The second-order valence-corrected chi connectivity index (χ2v) is 1.93. The molecule has 0 aliphatic rings. The zero-order valence-electron chi connectivity index (χ0n) is 5.50. The van der Waals surface area contributed by atoms with Crippen LogP contribution in [0.4, 0.5) is 0 Å². The molecule has 46 valence electrons. The zero-order chi connectivity index (χ0) is 6.85. The molecule has 1 aromatic rings. The van der Waals surface area contributed by atoms with Gasteiger partial charge in [-0.2, -0.15) is 0 Å². The number of hydrogen-bond donors (Lipinski definition) is 0. The molecule has 1 rings (SSSR count). The van der Waals surface area contributed by atoms with Crippen LogP contribution in [0, 0.1) is 18.4 Å². The van der Waals surface area contributed by atoms with Crippen LogP contribution >= 0.6 is 0 Å². The fourth-order valence-electron chi connectivity index (χ4n) is 0.658. The van der Waals surface area contributed by atoms with Crippen molar-refractivity contribution in [3.05, 3.63) is 18.2 Å². The minimum absolute atomic E-state index is 0.942. The van der Waals surface area contributed by atoms with Crippen molar-refractivity contribution in [1.82, 2.24) is 4.57 Å². The van der Waals surface area contributed by atoms with E-state index in [0.717, 1.165) is 5.82 Å². The van der Waals surface area contributed by atoms with E-state index in [9.17, 15) is 0 Å². The molecule has 0 saturated carbocycles. The van der Waals surface area contributed by atoms with Gasteiger partial charge in [-0.15, -0.1) is 9.83 Å². The summed E-state index contributed by atoms with van der Waals surface area (Å²) in [7, 11) is 1.91. The molecule has 0 atom stereocenters. The second kappa shape index (κ2) is 1.90. The van der Waals surface area contributed by atoms with E-state index in [4.69, 9.17) is 5.26 Å². The first kappa shape index (κ1) is 5.83. The molecular formula is C6H8N3+. The lowest BCUT2D eigenvalue weighted by Gasteiger charge is -1.82. The molecule has 0 bridgehead atoms. The molecule has 0 spiro atoms. The highest BCUT2D eigenvalue weighted by molar-refractivity contribution is 4.90. The first-order chi connectivity index (χ1) is 4.25. The largest absolute Gasteiger partial charge is 0.296 e. The highest BCUT2D eigenvalue weighted by atomic mass is 15.1. The van der Waals surface area contributed by atoms with Crippen LogP contribution in [-0.4, -0.2) is 4.57 Å². The van der Waals surface area contributed by atoms with Gasteiger partial charge in [0, 0.05) is 6.92 Å². The summed E-state index contributed by atoms with van der Waals surface area (Å²) in [5, 5.41) is 8.43. The van der Waals surface area contributed by atoms with Gasteiger partial charge in [-0.05, 0) is 0 Å². The quantitative estimate of drug-likeness (QED) is 0.444. The van der Waals surface area contributed by atoms with E-state index >= 15 is 0 Å². The Morgan fingerprint density at radius 3 is 2.67 bits per heavy atom. The molecule has 3 heteroatoms. The molecule has 1 heterocycles. The van der Waals surface area contributed by atoms with E-state index in [1.807, 2.05) is 30.9 Å². The summed E-state index contributed by atoms with van der Waals surface area (Å²) in [6.07, 6.45) is 5.59. The van der Waals surface area contributed by atoms with Crippen molar-refractivity contribution in [2.24, 2.45) is 7.05 Å². The fraction of sp³-hybridized carbons (Fsp3) is 0.333. The number of rotatable bonds is 0. The third-order valence-electron chi connectivity index (χ3n) is 1.41. The Hall–Kier alpha value is -1.30. The molecule has 0 saturated heterocycles. The van der Waals surface area contributed by atoms with E-state index in [1.54, 1.807) is 6.20 Å². The first-order valence-electron chi connectivity index (χ1n) is 2.69. The number of nitriles is 1. The van der Waals surface area contributed by atoms with Crippen LogP contribution in [-0.2, 0) is 7.05 Å². The monoisotopic (exact) mass is 122 g/mol. The van der Waals surface area contributed by atoms with Gasteiger partial charge >= 0.3 is 0 Å². The summed E-state index contributed by atoms with van der Waals surface area (Å²) in [6.45, 7) is 1.89. The molecule has 0 aromatic carbocycles. The van der Waals surface area contributed by atoms with Crippen LogP contribution < -0.4 is 4.57 Å². The van der Waals surface area contributed by atoms with Crippen LogP contribution in [0.25, 0.3) is 0 Å². The van der Waals surface area contributed by atoms with Gasteiger partial charge in [0.05, 0.1) is 7.05 Å². The Bertz CT molecular complexity index is 254. The number of hydrogen-bond acceptors (Lipinski definition) is 1. The van der Waals surface area contributed by atoms with E-state index in [1.165, 1.54) is 4.57 Å². The van der Waals surface area contributed by atoms with Crippen LogP contribution in [0.2, 0.25) is 0 Å². The summed E-state index contributed by atoms with van der Waals surface area (Å²) in [6, 6.07) is 0. The van der Waals surface area contributed by atoms with Gasteiger partial charge in [-0.1, -0.05) is 0 Å². The SMILES string of the molecule is Cc1n(C#N)cc[n+]1C. The highest BCUT2D eigenvalue weighted by Crippen LogP contribution is 1.86. The second-order valence-electron chi connectivity index (χ2n) is 1.93. The smallest absolute Gasteiger partial charge is 0.236 e. The van der Waals surface area contributed by atoms with Crippen LogP contribution in [0.1, 0.15) is 5.82 Å². The third kappa shape index (κ3) is 0.789. The minimum atomic E-state index is 0.942. The molecule has 0 amide bonds. The van der Waals surface area contributed by atoms with Crippen molar-refractivity contribution in [2.75, 3.05) is 0 Å². The van der Waals surface area contributed by atoms with Gasteiger partial charge < -0.3 is 0 Å². The van der Waals surface area contributed by atoms with Crippen molar-refractivity contribution in [1.29, 1.82) is 5.26 Å². The van der Waals surface area contributed by atoms with E-state index < -0.39 is 0 Å². The van der Waals surface area contributed by atoms with Gasteiger partial charge in [-0.25, -0.2) is 4.57 Å². The van der Waals surface area contributed by atoms with Gasteiger partial charge in [0.25, 0.3) is 12.0 Å². The summed E-state index contributed by atoms with van der Waals surface area (Å²) >= 11 is 0. The maximum Gasteiger partial charge on any atom is 0.296 e. The van der Waals surface area contributed by atoms with Gasteiger partial charge in [0.2, 0.25) is 0 Å². The number of aryl methyl sites for hydroxylation is 1. The molecule has 1 aromatic heterocycles. The number of aromatic nitrogens is 2. The Morgan fingerprint density at radius 1 is 1.78 bits per heavy atom. The van der Waals surface area contributed by atoms with E-state index in [-0.39, 0.29) is 0 Å². The average Bonchev–Trinajstić information content (AvgIpc) is 2.15. The normalized spacial score (nSPS) is 9.00. The Labute approximate surface area is 53.8 Å². The Balaban J connectivity index is 3.24. The number of nitrogens with zero attached hydrogens (tertiary/aromatic N) is 3. The molecule has 0 unspecified atom stereocenters. The predicted octanol–water partition coefficient (Wildman–Crippen LogP) is -0.0498. The van der Waals surface area contributed by atoms with Crippen molar-refractivity contribution < 1.29 is 4.57 Å². The van der Waals surface area contributed by atoms with Gasteiger partial charge in [0.15, 0.2) is 0 Å². The number of imidazole rings is 1. The van der Waals surface area contributed by atoms with Crippen molar-refractivity contribution >= 4 is 0 Å². The maximum absolute atomic E-state index is 8.43. The molecule has 0 N–H and O–H groups in total. The molecule has 9 heavy (non-hydrogen) atoms. The van der Waals surface area contributed by atoms with Crippen LogP contribution in [0.15, 0.2) is 12.4 Å². The predicted molar refractivity (Wildman–Crippen MR) is 31.4 cm³/mol. The van der Waals surface area contributed by atoms with Crippen LogP contribution in [0.5, 0.6) is 0 Å². The summed E-state index contributed by atoms with van der Waals surface area (Å²) < 4.78 is 3.41. The molecular weight excluding hydrogens is 114 g/mol. The lowest BCUT2D eigenvalue weighted by atomic mass is 10.7. The summed E-state index contributed by atoms with van der Waals surface area (Å²) in [5.41, 5.74) is 0. The molecule has 3 nitrogen and oxygen atoms in total. The van der Waals surface area contributed by atoms with Crippen molar-refractivity contribution in [2.45, 2.75) is 6.92 Å². The van der Waals surface area contributed by atoms with E-state index in [2.05, 4.69) is 0 Å². The van der Waals surface area contributed by atoms with Crippen molar-refractivity contribution in [3.63, 3.8) is 0 Å². The molecule has 0 aliphatic carbocycles. The third-order valence-corrected chi connectivity index (χ3v) is 1.41. The Kier molecular flexibility index (Phi) is 1.23. The zero-order valence-corrected chi connectivity index (χ0v) is 5.50. The topological polar surface area (TPSA) is 32.6 Å². The standard InChI is InChI=1S/C6H8N3/c1-6-8(2)3-4-9(6)5-7/h3-4H,1-2H3/q+1. The van der Waals surface area contributed by atoms with Gasteiger partial charge in [-0.3, -0.25) is 0 Å². The lowest BCUT2D eigenvalue weighted by Crippen LogP contribution is -2.29. The molecule has 0 aliphatic heterocycles. The summed E-state index contributed by atoms with van der Waals surface area (Å²) in [4.78, 5) is 0. The van der Waals surface area contributed by atoms with Crippen LogP contribution in [0.3, 0.4) is 0 Å². The molecule has 0 radical (unpaired) electrons. The van der Waals surface area contributed by atoms with E-state index in [0.29, 0.717) is 0 Å². The molecule has 0 fully saturated rings. The Morgan fingerprint density at radius 2 is 2.44 bits per heavy atom. The maximum atomic E-state index is 8.43. The minimum Gasteiger partial charge on any atom is -0.236 e. The summed E-state index contributed by atoms with van der Waals surface area (Å²) in [5.74, 6) is 0.942. The highest BCUT2D eigenvalue weighted by Gasteiger charge is 2.05. The first-order valence-corrected chi connectivity index (χ1v) is 2.69. The van der Waals surface area contributed by atoms with Crippen molar-refractivity contribution in [3.8, 4) is 6.19 Å². The lowest BCUT2D eigenvalue weighted by molar-refractivity contribution is -0.676. The average molecular weight is 122 g/mol. The van der Waals surface area contributed by atoms with Gasteiger partial charge in [0.1, 0.15) is 12.4 Å².